The van der Waals surface area contributed by atoms with Crippen molar-refractivity contribution < 1.29 is 19.3 Å². The minimum atomic E-state index is -1.40. The van der Waals surface area contributed by atoms with E-state index in [9.17, 15) is 24.5 Å². The van der Waals surface area contributed by atoms with Gasteiger partial charge >= 0.3 is 6.03 Å². The summed E-state index contributed by atoms with van der Waals surface area (Å²) in [5.74, 6) is -1.24. The minimum absolute atomic E-state index is 0.00510. The highest BCUT2D eigenvalue weighted by atomic mass is 35.5. The number of amides is 4. The molecule has 27 heavy (non-hydrogen) atoms. The molecule has 2 fully saturated rings. The number of halogens is 2. The molecule has 1 aliphatic carbocycles. The zero-order chi connectivity index (χ0) is 20.4. The van der Waals surface area contributed by atoms with Crippen molar-refractivity contribution in [1.29, 1.82) is 0 Å². The molecule has 1 atom stereocenters. The highest BCUT2D eigenvalue weighted by Gasteiger charge is 2.66. The van der Waals surface area contributed by atoms with E-state index in [0.29, 0.717) is 6.42 Å². The first-order chi connectivity index (χ1) is 12.3. The zero-order valence-corrected chi connectivity index (χ0v) is 16.4. The number of hydrogen-bond acceptors (Lipinski definition) is 5. The zero-order valence-electron chi connectivity index (χ0n) is 14.9. The van der Waals surface area contributed by atoms with Crippen molar-refractivity contribution in [1.82, 2.24) is 9.80 Å². The number of carbonyl (C=O) groups is 3. The normalized spacial score (nSPS) is 25.7. The summed E-state index contributed by atoms with van der Waals surface area (Å²) >= 11 is 12.2. The standard InChI is InChI=1S/C17H17Cl2N3O5/c1-15(2)13(24)20(9-16(3)8-17(16,18)19)14(25)21(15)12(23)10-4-6-11(7-5-10)22(26)27/h4-7H,8-9H2,1-3H3/t16-/m1/s1. The van der Waals surface area contributed by atoms with E-state index in [1.807, 2.05) is 0 Å². The third kappa shape index (κ3) is 2.96. The Hall–Kier alpha value is -2.19. The number of nitro benzene ring substituents is 1. The molecule has 10 heteroatoms. The number of alkyl halides is 2. The summed E-state index contributed by atoms with van der Waals surface area (Å²) in [5, 5.41) is 10.8. The Morgan fingerprint density at radius 1 is 1.19 bits per heavy atom. The lowest BCUT2D eigenvalue weighted by Crippen LogP contribution is -2.47. The fraction of sp³-hybridized carbons (Fsp3) is 0.471. The highest BCUT2D eigenvalue weighted by molar-refractivity contribution is 6.51. The van der Waals surface area contributed by atoms with Gasteiger partial charge in [0.05, 0.1) is 4.92 Å². The number of imide groups is 2. The smallest absolute Gasteiger partial charge is 0.272 e. The highest BCUT2D eigenvalue weighted by Crippen LogP contribution is 2.64. The van der Waals surface area contributed by atoms with Crippen LogP contribution in [0, 0.1) is 15.5 Å². The van der Waals surface area contributed by atoms with Crippen molar-refractivity contribution in [2.24, 2.45) is 5.41 Å². The van der Waals surface area contributed by atoms with E-state index in [4.69, 9.17) is 23.2 Å². The first-order valence-corrected chi connectivity index (χ1v) is 8.90. The monoisotopic (exact) mass is 413 g/mol. The molecule has 144 valence electrons. The summed E-state index contributed by atoms with van der Waals surface area (Å²) < 4.78 is -1.02. The first-order valence-electron chi connectivity index (χ1n) is 8.15. The van der Waals surface area contributed by atoms with Crippen LogP contribution in [-0.2, 0) is 4.79 Å². The van der Waals surface area contributed by atoms with E-state index < -0.39 is 38.1 Å². The number of hydrogen-bond donors (Lipinski definition) is 0. The van der Waals surface area contributed by atoms with Gasteiger partial charge in [0.1, 0.15) is 9.87 Å². The number of urea groups is 1. The molecular formula is C17H17Cl2N3O5. The van der Waals surface area contributed by atoms with Gasteiger partial charge in [0, 0.05) is 29.7 Å². The maximum absolute atomic E-state index is 12.9. The molecule has 2 aliphatic rings. The van der Waals surface area contributed by atoms with E-state index in [0.717, 1.165) is 9.80 Å². The number of carbonyl (C=O) groups excluding carboxylic acids is 3. The fourth-order valence-corrected chi connectivity index (χ4v) is 3.88. The van der Waals surface area contributed by atoms with Crippen LogP contribution in [0.3, 0.4) is 0 Å². The molecule has 1 aromatic carbocycles. The summed E-state index contributed by atoms with van der Waals surface area (Å²) in [4.78, 5) is 50.5. The molecule has 1 saturated heterocycles. The molecule has 1 aliphatic heterocycles. The molecule has 0 aromatic heterocycles. The first kappa shape index (κ1) is 19.6. The maximum atomic E-state index is 12.9. The molecular weight excluding hydrogens is 397 g/mol. The van der Waals surface area contributed by atoms with Crippen LogP contribution >= 0.6 is 23.2 Å². The van der Waals surface area contributed by atoms with Crippen molar-refractivity contribution in [3.8, 4) is 0 Å². The number of nitrogens with zero attached hydrogens (tertiary/aromatic N) is 3. The topological polar surface area (TPSA) is 101 Å². The number of nitro groups is 1. The second kappa shape index (κ2) is 5.90. The lowest BCUT2D eigenvalue weighted by molar-refractivity contribution is -0.384. The van der Waals surface area contributed by atoms with Gasteiger partial charge in [-0.2, -0.15) is 0 Å². The van der Waals surface area contributed by atoms with Gasteiger partial charge in [-0.25, -0.2) is 9.69 Å². The summed E-state index contributed by atoms with van der Waals surface area (Å²) in [6.07, 6.45) is 0.427. The maximum Gasteiger partial charge on any atom is 0.334 e. The van der Waals surface area contributed by atoms with Crippen molar-refractivity contribution in [2.75, 3.05) is 6.54 Å². The Labute approximate surface area is 165 Å². The lowest BCUT2D eigenvalue weighted by Gasteiger charge is -2.25. The van der Waals surface area contributed by atoms with Crippen molar-refractivity contribution in [3.05, 3.63) is 39.9 Å². The van der Waals surface area contributed by atoms with Crippen LogP contribution < -0.4 is 0 Å². The predicted octanol–water partition coefficient (Wildman–Crippen LogP) is 3.36. The van der Waals surface area contributed by atoms with Gasteiger partial charge in [0.25, 0.3) is 17.5 Å². The van der Waals surface area contributed by atoms with Crippen molar-refractivity contribution in [2.45, 2.75) is 37.1 Å². The number of benzene rings is 1. The predicted molar refractivity (Wildman–Crippen MR) is 97.6 cm³/mol. The molecule has 0 unspecified atom stereocenters. The van der Waals surface area contributed by atoms with E-state index in [-0.39, 0.29) is 17.8 Å². The van der Waals surface area contributed by atoms with Gasteiger partial charge in [-0.1, -0.05) is 6.92 Å². The van der Waals surface area contributed by atoms with Gasteiger partial charge in [-0.15, -0.1) is 23.2 Å². The molecule has 8 nitrogen and oxygen atoms in total. The quantitative estimate of drug-likeness (QED) is 0.326. The number of non-ortho nitro benzene ring substituents is 1. The van der Waals surface area contributed by atoms with E-state index in [1.165, 1.54) is 38.1 Å². The van der Waals surface area contributed by atoms with Gasteiger partial charge < -0.3 is 0 Å². The summed E-state index contributed by atoms with van der Waals surface area (Å²) in [7, 11) is 0. The Bertz CT molecular complexity index is 868. The molecule has 1 heterocycles. The Kier molecular flexibility index (Phi) is 4.28. The van der Waals surface area contributed by atoms with E-state index in [2.05, 4.69) is 0 Å². The summed E-state index contributed by atoms with van der Waals surface area (Å²) in [6, 6.07) is 4.08. The van der Waals surface area contributed by atoms with Crippen molar-refractivity contribution >= 4 is 46.7 Å². The van der Waals surface area contributed by atoms with Crippen LogP contribution in [0.2, 0.25) is 0 Å². The fourth-order valence-electron chi connectivity index (χ4n) is 3.17. The van der Waals surface area contributed by atoms with Crippen molar-refractivity contribution in [3.63, 3.8) is 0 Å². The van der Waals surface area contributed by atoms with Crippen LogP contribution in [0.4, 0.5) is 10.5 Å². The number of rotatable bonds is 4. The molecule has 3 rings (SSSR count). The molecule has 0 spiro atoms. The van der Waals surface area contributed by atoms with Crippen LogP contribution in [0.5, 0.6) is 0 Å². The second-order valence-electron chi connectivity index (χ2n) is 7.62. The average Bonchev–Trinajstić information content (AvgIpc) is 3.03. The Balaban J connectivity index is 1.88. The Morgan fingerprint density at radius 3 is 2.15 bits per heavy atom. The molecule has 1 saturated carbocycles. The van der Waals surface area contributed by atoms with E-state index >= 15 is 0 Å². The lowest BCUT2D eigenvalue weighted by atomic mass is 10.0. The van der Waals surface area contributed by atoms with E-state index in [1.54, 1.807) is 6.92 Å². The summed E-state index contributed by atoms with van der Waals surface area (Å²) in [6.45, 7) is 4.72. The molecule has 1 aromatic rings. The summed E-state index contributed by atoms with van der Waals surface area (Å²) in [5.41, 5.74) is -2.15. The average molecular weight is 414 g/mol. The van der Waals surface area contributed by atoms with Gasteiger partial charge in [0.15, 0.2) is 0 Å². The molecule has 0 bridgehead atoms. The SMILES string of the molecule is CC1(C)C(=O)N(C[C@@]2(C)CC2(Cl)Cl)C(=O)N1C(=O)c1ccc([N+](=O)[O-])cc1. The molecule has 0 radical (unpaired) electrons. The minimum Gasteiger partial charge on any atom is -0.272 e. The van der Waals surface area contributed by atoms with Crippen LogP contribution in [0.15, 0.2) is 24.3 Å². The third-order valence-corrected chi connectivity index (χ3v) is 6.33. The van der Waals surface area contributed by atoms with Gasteiger partial charge in [-0.3, -0.25) is 24.6 Å². The van der Waals surface area contributed by atoms with Gasteiger partial charge in [0.2, 0.25) is 0 Å². The second-order valence-corrected chi connectivity index (χ2v) is 9.10. The third-order valence-electron chi connectivity index (χ3n) is 5.16. The molecule has 0 N–H and O–H groups in total. The van der Waals surface area contributed by atoms with Crippen LogP contribution in [-0.4, -0.2) is 49.0 Å². The molecule has 4 amide bonds. The largest absolute Gasteiger partial charge is 0.334 e. The van der Waals surface area contributed by atoms with Gasteiger partial charge in [-0.05, 0) is 32.4 Å². The van der Waals surface area contributed by atoms with Crippen LogP contribution in [0.1, 0.15) is 37.6 Å². The Morgan fingerprint density at radius 2 is 1.70 bits per heavy atom. The van der Waals surface area contributed by atoms with Crippen LogP contribution in [0.25, 0.3) is 0 Å².